The van der Waals surface area contributed by atoms with Crippen molar-refractivity contribution >= 4 is 29.7 Å². The van der Waals surface area contributed by atoms with E-state index in [0.717, 1.165) is 10.5 Å². The van der Waals surface area contributed by atoms with Gasteiger partial charge in [0.1, 0.15) is 11.5 Å². The van der Waals surface area contributed by atoms with E-state index in [-0.39, 0.29) is 18.0 Å². The molecule has 0 aliphatic carbocycles. The molecular weight excluding hydrogens is 364 g/mol. The van der Waals surface area contributed by atoms with Crippen LogP contribution in [0.25, 0.3) is 6.08 Å². The summed E-state index contributed by atoms with van der Waals surface area (Å²) in [4.78, 5) is 26.0. The van der Waals surface area contributed by atoms with E-state index in [9.17, 15) is 9.59 Å². The maximum atomic E-state index is 12.6. The Kier molecular flexibility index (Phi) is 6.17. The van der Waals surface area contributed by atoms with Crippen molar-refractivity contribution in [2.24, 2.45) is 0 Å². The molecule has 6 nitrogen and oxygen atoms in total. The van der Waals surface area contributed by atoms with E-state index >= 15 is 0 Å². The zero-order chi connectivity index (χ0) is 19.1. The first-order valence-electron chi connectivity index (χ1n) is 8.17. The van der Waals surface area contributed by atoms with Gasteiger partial charge in [0.05, 0.1) is 19.1 Å². The van der Waals surface area contributed by atoms with Crippen molar-refractivity contribution in [2.75, 3.05) is 6.26 Å². The first-order valence-corrected chi connectivity index (χ1v) is 9.39. The summed E-state index contributed by atoms with van der Waals surface area (Å²) in [7, 11) is 0. The molecule has 0 aliphatic rings. The lowest BCUT2D eigenvalue weighted by Crippen LogP contribution is -2.34. The van der Waals surface area contributed by atoms with Crippen LogP contribution in [0.3, 0.4) is 0 Å². The van der Waals surface area contributed by atoms with Gasteiger partial charge in [0.2, 0.25) is 0 Å². The third kappa shape index (κ3) is 5.15. The van der Waals surface area contributed by atoms with Gasteiger partial charge in [-0.05, 0) is 54.3 Å². The van der Waals surface area contributed by atoms with Gasteiger partial charge in [-0.3, -0.25) is 9.59 Å². The van der Waals surface area contributed by atoms with Crippen LogP contribution in [0.5, 0.6) is 0 Å². The number of hydrogen-bond acceptors (Lipinski definition) is 5. The molecule has 2 aromatic heterocycles. The number of nitrogens with one attached hydrogen (secondary N) is 2. The second kappa shape index (κ2) is 8.95. The molecule has 7 heteroatoms. The van der Waals surface area contributed by atoms with Gasteiger partial charge < -0.3 is 19.5 Å². The summed E-state index contributed by atoms with van der Waals surface area (Å²) in [6, 6.07) is 14.3. The van der Waals surface area contributed by atoms with Gasteiger partial charge in [0, 0.05) is 4.90 Å². The largest absolute Gasteiger partial charge is 0.467 e. The molecule has 0 fully saturated rings. The Morgan fingerprint density at radius 2 is 1.78 bits per heavy atom. The van der Waals surface area contributed by atoms with Crippen LogP contribution >= 0.6 is 11.8 Å². The Morgan fingerprint density at radius 3 is 2.41 bits per heavy atom. The van der Waals surface area contributed by atoms with Crippen LogP contribution in [-0.4, -0.2) is 18.1 Å². The fraction of sp³-hybridized carbons (Fsp3) is 0.100. The van der Waals surface area contributed by atoms with Gasteiger partial charge in [0.15, 0.2) is 5.76 Å². The highest BCUT2D eigenvalue weighted by Gasteiger charge is 2.16. The molecule has 0 saturated carbocycles. The summed E-state index contributed by atoms with van der Waals surface area (Å²) in [6.45, 7) is 0.214. The highest BCUT2D eigenvalue weighted by molar-refractivity contribution is 7.98. The average molecular weight is 382 g/mol. The summed E-state index contributed by atoms with van der Waals surface area (Å²) < 4.78 is 10.3. The van der Waals surface area contributed by atoms with Crippen LogP contribution < -0.4 is 10.6 Å². The number of amides is 2. The van der Waals surface area contributed by atoms with E-state index in [1.165, 1.54) is 18.6 Å². The molecule has 0 saturated heterocycles. The van der Waals surface area contributed by atoms with E-state index < -0.39 is 11.8 Å². The summed E-state index contributed by atoms with van der Waals surface area (Å²) >= 11 is 1.63. The fourth-order valence-corrected chi connectivity index (χ4v) is 2.70. The zero-order valence-electron chi connectivity index (χ0n) is 14.6. The zero-order valence-corrected chi connectivity index (χ0v) is 15.4. The van der Waals surface area contributed by atoms with Gasteiger partial charge in [-0.2, -0.15) is 0 Å². The molecule has 0 unspecified atom stereocenters. The Hall–Kier alpha value is -3.19. The molecule has 0 aliphatic heterocycles. The molecule has 1 aromatic carbocycles. The van der Waals surface area contributed by atoms with E-state index in [1.807, 2.05) is 30.5 Å². The highest BCUT2D eigenvalue weighted by Crippen LogP contribution is 2.16. The molecule has 3 aromatic rings. The molecular formula is C20H18N2O4S. The van der Waals surface area contributed by atoms with Crippen molar-refractivity contribution < 1.29 is 18.4 Å². The van der Waals surface area contributed by atoms with E-state index in [1.54, 1.807) is 36.0 Å². The smallest absolute Gasteiger partial charge is 0.291 e. The third-order valence-electron chi connectivity index (χ3n) is 3.67. The second-order valence-corrected chi connectivity index (χ2v) is 6.40. The molecule has 2 heterocycles. The maximum absolute atomic E-state index is 12.6. The molecule has 0 atom stereocenters. The fourth-order valence-electron chi connectivity index (χ4n) is 2.29. The van der Waals surface area contributed by atoms with Crippen molar-refractivity contribution in [2.45, 2.75) is 11.4 Å². The Labute approximate surface area is 160 Å². The summed E-state index contributed by atoms with van der Waals surface area (Å²) in [5, 5.41) is 5.34. The Morgan fingerprint density at radius 1 is 1.04 bits per heavy atom. The van der Waals surface area contributed by atoms with Crippen molar-refractivity contribution in [3.63, 3.8) is 0 Å². The minimum Gasteiger partial charge on any atom is -0.467 e. The van der Waals surface area contributed by atoms with Crippen molar-refractivity contribution in [1.29, 1.82) is 0 Å². The highest BCUT2D eigenvalue weighted by atomic mass is 32.2. The van der Waals surface area contributed by atoms with Crippen LogP contribution in [0.2, 0.25) is 0 Å². The number of hydrogen-bond donors (Lipinski definition) is 2. The Balaban J connectivity index is 1.79. The third-order valence-corrected chi connectivity index (χ3v) is 4.41. The topological polar surface area (TPSA) is 84.5 Å². The first kappa shape index (κ1) is 18.6. The minimum absolute atomic E-state index is 0.111. The lowest BCUT2D eigenvalue weighted by molar-refractivity contribution is -0.118. The standard InChI is InChI=1S/C20H18N2O4S/c1-27-16-8-6-14(7-9-16)12-17(22-20(24)18-5-3-11-26-18)19(23)21-13-15-4-2-10-25-15/h2-12H,13H2,1H3,(H,21,23)(H,22,24). The van der Waals surface area contributed by atoms with Crippen LogP contribution in [0.15, 0.2) is 80.5 Å². The molecule has 138 valence electrons. The van der Waals surface area contributed by atoms with Crippen LogP contribution in [0.1, 0.15) is 21.9 Å². The van der Waals surface area contributed by atoms with Gasteiger partial charge in [-0.1, -0.05) is 12.1 Å². The van der Waals surface area contributed by atoms with Crippen molar-refractivity contribution in [3.8, 4) is 0 Å². The molecule has 0 bridgehead atoms. The Bertz CT molecular complexity index is 914. The number of benzene rings is 1. The molecule has 27 heavy (non-hydrogen) atoms. The number of rotatable bonds is 7. The van der Waals surface area contributed by atoms with Crippen LogP contribution in [0.4, 0.5) is 0 Å². The van der Waals surface area contributed by atoms with Crippen LogP contribution in [0, 0.1) is 0 Å². The van der Waals surface area contributed by atoms with E-state index in [0.29, 0.717) is 5.76 Å². The summed E-state index contributed by atoms with van der Waals surface area (Å²) in [6.07, 6.45) is 6.53. The van der Waals surface area contributed by atoms with E-state index in [2.05, 4.69) is 10.6 Å². The van der Waals surface area contributed by atoms with Crippen LogP contribution in [-0.2, 0) is 11.3 Å². The lowest BCUT2D eigenvalue weighted by Gasteiger charge is -2.10. The predicted molar refractivity (Wildman–Crippen MR) is 103 cm³/mol. The molecule has 0 spiro atoms. The average Bonchev–Trinajstić information content (AvgIpc) is 3.40. The number of thioether (sulfide) groups is 1. The van der Waals surface area contributed by atoms with Crippen molar-refractivity contribution in [1.82, 2.24) is 10.6 Å². The quantitative estimate of drug-likeness (QED) is 0.481. The monoisotopic (exact) mass is 382 g/mol. The first-order chi connectivity index (χ1) is 13.2. The second-order valence-electron chi connectivity index (χ2n) is 5.52. The number of carbonyl (C=O) groups excluding carboxylic acids is 2. The summed E-state index contributed by atoms with van der Waals surface area (Å²) in [5.41, 5.74) is 0.899. The molecule has 2 N–H and O–H groups in total. The molecule has 3 rings (SSSR count). The van der Waals surface area contributed by atoms with E-state index in [4.69, 9.17) is 8.83 Å². The maximum Gasteiger partial charge on any atom is 0.291 e. The molecule has 2 amide bonds. The van der Waals surface area contributed by atoms with Gasteiger partial charge in [-0.25, -0.2) is 0 Å². The molecule has 0 radical (unpaired) electrons. The predicted octanol–water partition coefficient (Wildman–Crippen LogP) is 3.68. The minimum atomic E-state index is -0.500. The van der Waals surface area contributed by atoms with Gasteiger partial charge >= 0.3 is 0 Å². The number of carbonyl (C=O) groups is 2. The van der Waals surface area contributed by atoms with Gasteiger partial charge in [0.25, 0.3) is 11.8 Å². The summed E-state index contributed by atoms with van der Waals surface area (Å²) in [5.74, 6) is -0.192. The van der Waals surface area contributed by atoms with Gasteiger partial charge in [-0.15, -0.1) is 11.8 Å². The number of furan rings is 2. The lowest BCUT2D eigenvalue weighted by atomic mass is 10.2. The van der Waals surface area contributed by atoms with Crippen molar-refractivity contribution in [3.05, 3.63) is 83.8 Å². The SMILES string of the molecule is CSc1ccc(C=C(NC(=O)c2ccco2)C(=O)NCc2ccco2)cc1. The normalized spacial score (nSPS) is 11.2.